The number of carbonyl (C=O) groups excluding carboxylic acids is 1. The summed E-state index contributed by atoms with van der Waals surface area (Å²) in [6.07, 6.45) is 0. The van der Waals surface area contributed by atoms with Crippen molar-refractivity contribution in [1.82, 2.24) is 9.78 Å². The molecule has 1 heterocycles. The molecule has 0 saturated heterocycles. The van der Waals surface area contributed by atoms with Gasteiger partial charge in [0.25, 0.3) is 0 Å². The van der Waals surface area contributed by atoms with E-state index in [-0.39, 0.29) is 5.91 Å². The quantitative estimate of drug-likeness (QED) is 0.932. The van der Waals surface area contributed by atoms with E-state index in [0.29, 0.717) is 5.02 Å². The van der Waals surface area contributed by atoms with Crippen LogP contribution in [0.15, 0.2) is 18.2 Å². The Labute approximate surface area is 130 Å². The lowest BCUT2D eigenvalue weighted by molar-refractivity contribution is -0.119. The molecule has 0 aliphatic carbocycles. The van der Waals surface area contributed by atoms with Crippen LogP contribution in [-0.2, 0) is 4.79 Å². The highest BCUT2D eigenvalue weighted by Crippen LogP contribution is 2.24. The van der Waals surface area contributed by atoms with Gasteiger partial charge in [-0.1, -0.05) is 23.7 Å². The molecule has 0 radical (unpaired) electrons. The fourth-order valence-corrected chi connectivity index (χ4v) is 2.38. The van der Waals surface area contributed by atoms with Crippen LogP contribution in [0.5, 0.6) is 0 Å². The van der Waals surface area contributed by atoms with Gasteiger partial charge in [-0.3, -0.25) is 9.48 Å². The second kappa shape index (κ2) is 5.90. The molecule has 4 nitrogen and oxygen atoms in total. The van der Waals surface area contributed by atoms with Gasteiger partial charge in [0.1, 0.15) is 6.04 Å². The number of nitrogens with zero attached hydrogens (tertiary/aromatic N) is 2. The number of hydrogen-bond donors (Lipinski definition) is 1. The molecule has 2 aromatic rings. The summed E-state index contributed by atoms with van der Waals surface area (Å²) in [7, 11) is 0. The Morgan fingerprint density at radius 3 is 2.52 bits per heavy atom. The molecule has 0 saturated carbocycles. The van der Waals surface area contributed by atoms with E-state index >= 15 is 0 Å². The number of hydrogen-bond acceptors (Lipinski definition) is 2. The molecule has 0 spiro atoms. The lowest BCUT2D eigenvalue weighted by Crippen LogP contribution is -2.25. The molecule has 21 heavy (non-hydrogen) atoms. The summed E-state index contributed by atoms with van der Waals surface area (Å²) in [6.45, 7) is 9.53. The molecule has 0 fully saturated rings. The van der Waals surface area contributed by atoms with E-state index in [0.717, 1.165) is 28.2 Å². The molecule has 112 valence electrons. The molecule has 1 aromatic carbocycles. The Kier molecular flexibility index (Phi) is 4.37. The van der Waals surface area contributed by atoms with Crippen molar-refractivity contribution in [1.29, 1.82) is 0 Å². The van der Waals surface area contributed by atoms with E-state index in [4.69, 9.17) is 11.6 Å². The summed E-state index contributed by atoms with van der Waals surface area (Å²) in [5.41, 5.74) is 4.59. The van der Waals surface area contributed by atoms with E-state index in [1.54, 1.807) is 4.68 Å². The largest absolute Gasteiger partial charge is 0.324 e. The highest BCUT2D eigenvalue weighted by Gasteiger charge is 2.21. The molecular weight excluding hydrogens is 286 g/mol. The smallest absolute Gasteiger partial charge is 0.248 e. The highest BCUT2D eigenvalue weighted by molar-refractivity contribution is 6.31. The summed E-state index contributed by atoms with van der Waals surface area (Å²) in [6, 6.07) is 5.44. The Balaban J connectivity index is 2.24. The Bertz CT molecular complexity index is 691. The monoisotopic (exact) mass is 305 g/mol. The third-order valence-corrected chi connectivity index (χ3v) is 4.39. The second-order valence-electron chi connectivity index (χ2n) is 5.34. The van der Waals surface area contributed by atoms with Gasteiger partial charge in [-0.25, -0.2) is 0 Å². The fourth-order valence-electron chi connectivity index (χ4n) is 2.25. The van der Waals surface area contributed by atoms with E-state index in [1.807, 2.05) is 52.8 Å². The summed E-state index contributed by atoms with van der Waals surface area (Å²) < 4.78 is 1.66. The summed E-state index contributed by atoms with van der Waals surface area (Å²) in [4.78, 5) is 12.4. The molecule has 1 unspecified atom stereocenters. The first-order valence-corrected chi connectivity index (χ1v) is 7.29. The van der Waals surface area contributed by atoms with Gasteiger partial charge >= 0.3 is 0 Å². The summed E-state index contributed by atoms with van der Waals surface area (Å²) in [5, 5.41) is 7.91. The fraction of sp³-hybridized carbons (Fsp3) is 0.375. The van der Waals surface area contributed by atoms with Crippen molar-refractivity contribution < 1.29 is 4.79 Å². The highest BCUT2D eigenvalue weighted by atomic mass is 35.5. The van der Waals surface area contributed by atoms with Gasteiger partial charge in [-0.2, -0.15) is 5.10 Å². The lowest BCUT2D eigenvalue weighted by Gasteiger charge is -2.16. The van der Waals surface area contributed by atoms with Crippen LogP contribution >= 0.6 is 11.6 Å². The minimum Gasteiger partial charge on any atom is -0.324 e. The molecule has 2 rings (SSSR count). The van der Waals surface area contributed by atoms with Crippen LogP contribution in [0.2, 0.25) is 5.02 Å². The van der Waals surface area contributed by atoms with Crippen molar-refractivity contribution in [3.63, 3.8) is 0 Å². The van der Waals surface area contributed by atoms with Crippen LogP contribution in [0.25, 0.3) is 0 Å². The average Bonchev–Trinajstić information content (AvgIpc) is 2.70. The van der Waals surface area contributed by atoms with Gasteiger partial charge in [-0.15, -0.1) is 0 Å². The summed E-state index contributed by atoms with van der Waals surface area (Å²) >= 11 is 6.14. The lowest BCUT2D eigenvalue weighted by atomic mass is 10.1. The van der Waals surface area contributed by atoms with Gasteiger partial charge in [-0.05, 0) is 51.8 Å². The SMILES string of the molecule is Cc1cccc(NC(=O)C(C)n2nc(C)c(Cl)c2C)c1C. The third-order valence-electron chi connectivity index (χ3n) is 3.85. The molecule has 0 aliphatic rings. The standard InChI is InChI=1S/C16H20ClN3O/c1-9-7-6-8-14(10(9)2)18-16(21)13(5)20-12(4)15(17)11(3)19-20/h6-8,13H,1-5H3,(H,18,21). The maximum atomic E-state index is 12.4. The van der Waals surface area contributed by atoms with Crippen LogP contribution in [0.1, 0.15) is 35.5 Å². The second-order valence-corrected chi connectivity index (χ2v) is 5.72. The van der Waals surface area contributed by atoms with E-state index in [2.05, 4.69) is 10.4 Å². The number of amides is 1. The molecule has 0 bridgehead atoms. The molecule has 1 amide bonds. The number of aryl methyl sites for hydroxylation is 2. The molecule has 1 N–H and O–H groups in total. The minimum atomic E-state index is -0.420. The van der Waals surface area contributed by atoms with Crippen LogP contribution in [-0.4, -0.2) is 15.7 Å². The van der Waals surface area contributed by atoms with Crippen LogP contribution in [0, 0.1) is 27.7 Å². The zero-order valence-corrected chi connectivity index (χ0v) is 13.7. The van der Waals surface area contributed by atoms with Crippen molar-refractivity contribution in [2.24, 2.45) is 0 Å². The maximum absolute atomic E-state index is 12.4. The van der Waals surface area contributed by atoms with Gasteiger partial charge in [0.2, 0.25) is 5.91 Å². The minimum absolute atomic E-state index is 0.106. The number of rotatable bonds is 3. The number of carbonyl (C=O) groups is 1. The van der Waals surface area contributed by atoms with Crippen molar-refractivity contribution in [2.45, 2.75) is 40.7 Å². The molecule has 1 atom stereocenters. The first-order valence-electron chi connectivity index (χ1n) is 6.91. The van der Waals surface area contributed by atoms with Crippen molar-refractivity contribution in [3.05, 3.63) is 45.7 Å². The first-order chi connectivity index (χ1) is 9.82. The predicted molar refractivity (Wildman–Crippen MR) is 86.0 cm³/mol. The zero-order valence-electron chi connectivity index (χ0n) is 13.0. The molecule has 5 heteroatoms. The number of anilines is 1. The van der Waals surface area contributed by atoms with Gasteiger partial charge in [0.15, 0.2) is 0 Å². The third kappa shape index (κ3) is 2.95. The van der Waals surface area contributed by atoms with E-state index < -0.39 is 6.04 Å². The zero-order chi connectivity index (χ0) is 15.7. The molecular formula is C16H20ClN3O. The number of nitrogens with one attached hydrogen (secondary N) is 1. The topological polar surface area (TPSA) is 46.9 Å². The Morgan fingerprint density at radius 2 is 1.95 bits per heavy atom. The van der Waals surface area contributed by atoms with Crippen molar-refractivity contribution in [3.8, 4) is 0 Å². The molecule has 1 aromatic heterocycles. The number of halogens is 1. The van der Waals surface area contributed by atoms with Gasteiger partial charge in [0, 0.05) is 5.69 Å². The number of benzene rings is 1. The van der Waals surface area contributed by atoms with E-state index in [9.17, 15) is 4.79 Å². The van der Waals surface area contributed by atoms with Gasteiger partial charge in [0.05, 0.1) is 16.4 Å². The van der Waals surface area contributed by atoms with Crippen molar-refractivity contribution >= 4 is 23.2 Å². The summed E-state index contributed by atoms with van der Waals surface area (Å²) in [5.74, 6) is -0.106. The van der Waals surface area contributed by atoms with Crippen molar-refractivity contribution in [2.75, 3.05) is 5.32 Å². The Hall–Kier alpha value is -1.81. The Morgan fingerprint density at radius 1 is 1.29 bits per heavy atom. The van der Waals surface area contributed by atoms with Crippen LogP contribution in [0.3, 0.4) is 0 Å². The number of aromatic nitrogens is 2. The first kappa shape index (κ1) is 15.6. The molecule has 0 aliphatic heterocycles. The maximum Gasteiger partial charge on any atom is 0.248 e. The van der Waals surface area contributed by atoms with Crippen LogP contribution in [0.4, 0.5) is 5.69 Å². The van der Waals surface area contributed by atoms with E-state index in [1.165, 1.54) is 0 Å². The normalized spacial score (nSPS) is 12.3. The van der Waals surface area contributed by atoms with Gasteiger partial charge < -0.3 is 5.32 Å². The van der Waals surface area contributed by atoms with Crippen LogP contribution < -0.4 is 5.32 Å². The average molecular weight is 306 g/mol. The predicted octanol–water partition coefficient (Wildman–Crippen LogP) is 3.97.